The monoisotopic (exact) mass is 373 g/mol. The number of fused-ring (bicyclic) bond motifs is 1. The summed E-state index contributed by atoms with van der Waals surface area (Å²) in [7, 11) is 2.15. The van der Waals surface area contributed by atoms with E-state index in [4.69, 9.17) is 0 Å². The lowest BCUT2D eigenvalue weighted by atomic mass is 10.1. The number of hydrogen-bond donors (Lipinski definition) is 3. The summed E-state index contributed by atoms with van der Waals surface area (Å²) in [5, 5.41) is 16.9. The van der Waals surface area contributed by atoms with E-state index in [0.29, 0.717) is 17.1 Å². The first-order chi connectivity index (χ1) is 13.2. The lowest BCUT2D eigenvalue weighted by Gasteiger charge is -2.32. The van der Waals surface area contributed by atoms with Gasteiger partial charge in [0.15, 0.2) is 0 Å². The van der Waals surface area contributed by atoms with Gasteiger partial charge in [-0.3, -0.25) is 9.69 Å². The molecule has 10 heteroatoms. The summed E-state index contributed by atoms with van der Waals surface area (Å²) in [4.78, 5) is 25.8. The summed E-state index contributed by atoms with van der Waals surface area (Å²) in [6.07, 6.45) is 4.28. The van der Waals surface area contributed by atoms with E-state index in [0.717, 1.165) is 58.5 Å². The molecule has 27 heavy (non-hydrogen) atoms. The minimum absolute atomic E-state index is 0.0609. The highest BCUT2D eigenvalue weighted by molar-refractivity contribution is 5.79. The fourth-order valence-electron chi connectivity index (χ4n) is 3.81. The minimum atomic E-state index is 0.0609. The predicted octanol–water partition coefficient (Wildman–Crippen LogP) is -0.308. The fourth-order valence-corrected chi connectivity index (χ4v) is 3.81. The third kappa shape index (κ3) is 4.51. The highest BCUT2D eigenvalue weighted by atomic mass is 16.1. The number of carbonyl (C=O) groups is 1. The van der Waals surface area contributed by atoms with Crippen LogP contribution in [0.4, 0.5) is 5.95 Å². The molecular weight excluding hydrogens is 346 g/mol. The van der Waals surface area contributed by atoms with Crippen molar-refractivity contribution < 1.29 is 4.79 Å². The smallest absolute Gasteiger partial charge is 0.225 e. The topological polar surface area (TPSA) is 115 Å². The Morgan fingerprint density at radius 3 is 2.96 bits per heavy atom. The van der Waals surface area contributed by atoms with Gasteiger partial charge in [-0.1, -0.05) is 0 Å². The zero-order valence-corrected chi connectivity index (χ0v) is 15.7. The molecule has 2 aliphatic rings. The summed E-state index contributed by atoms with van der Waals surface area (Å²) < 4.78 is 0. The average Bonchev–Trinajstić information content (AvgIpc) is 3.32. The SMILES string of the molecule is CN1CCN(CCNC(=O)C2CCC(Nc3ncc4n[nH]nc4n3)C2)CC1. The molecule has 146 valence electrons. The number of rotatable bonds is 6. The van der Waals surface area contributed by atoms with Crippen molar-refractivity contribution in [1.29, 1.82) is 0 Å². The number of likely N-dealkylation sites (N-methyl/N-ethyl adjacent to an activating group) is 1. The van der Waals surface area contributed by atoms with E-state index in [1.54, 1.807) is 6.20 Å². The largest absolute Gasteiger partial charge is 0.355 e. The Morgan fingerprint density at radius 1 is 1.26 bits per heavy atom. The van der Waals surface area contributed by atoms with Crippen molar-refractivity contribution in [3.05, 3.63) is 6.20 Å². The van der Waals surface area contributed by atoms with E-state index in [1.807, 2.05) is 0 Å². The van der Waals surface area contributed by atoms with Crippen LogP contribution in [0.5, 0.6) is 0 Å². The van der Waals surface area contributed by atoms with Crippen LogP contribution in [-0.4, -0.2) is 93.4 Å². The Bertz CT molecular complexity index is 771. The van der Waals surface area contributed by atoms with Crippen LogP contribution in [0.3, 0.4) is 0 Å². The molecule has 2 aromatic rings. The quantitative estimate of drug-likeness (QED) is 0.632. The Morgan fingerprint density at radius 2 is 2.11 bits per heavy atom. The van der Waals surface area contributed by atoms with Gasteiger partial charge in [-0.05, 0) is 26.3 Å². The molecular formula is C17H27N9O. The number of anilines is 1. The van der Waals surface area contributed by atoms with Gasteiger partial charge in [-0.15, -0.1) is 5.10 Å². The lowest BCUT2D eigenvalue weighted by Crippen LogP contribution is -2.47. The van der Waals surface area contributed by atoms with E-state index in [9.17, 15) is 4.79 Å². The number of hydrogen-bond acceptors (Lipinski definition) is 8. The number of amides is 1. The molecule has 1 amide bonds. The second-order valence-electron chi connectivity index (χ2n) is 7.51. The van der Waals surface area contributed by atoms with E-state index < -0.39 is 0 Å². The lowest BCUT2D eigenvalue weighted by molar-refractivity contribution is -0.124. The molecule has 0 radical (unpaired) electrons. The van der Waals surface area contributed by atoms with E-state index >= 15 is 0 Å². The molecule has 1 aliphatic heterocycles. The molecule has 0 aromatic carbocycles. The van der Waals surface area contributed by atoms with Crippen LogP contribution >= 0.6 is 0 Å². The molecule has 1 saturated carbocycles. The minimum Gasteiger partial charge on any atom is -0.355 e. The molecule has 2 atom stereocenters. The van der Waals surface area contributed by atoms with E-state index in [-0.39, 0.29) is 17.9 Å². The molecule has 10 nitrogen and oxygen atoms in total. The zero-order chi connectivity index (χ0) is 18.6. The van der Waals surface area contributed by atoms with Crippen molar-refractivity contribution in [2.24, 2.45) is 5.92 Å². The highest BCUT2D eigenvalue weighted by Crippen LogP contribution is 2.27. The second kappa shape index (κ2) is 8.13. The van der Waals surface area contributed by atoms with Gasteiger partial charge in [0, 0.05) is 51.2 Å². The summed E-state index contributed by atoms with van der Waals surface area (Å²) in [5.41, 5.74) is 1.19. The van der Waals surface area contributed by atoms with Crippen LogP contribution in [0.2, 0.25) is 0 Å². The summed E-state index contributed by atoms with van der Waals surface area (Å²) >= 11 is 0. The number of H-pyrrole nitrogens is 1. The van der Waals surface area contributed by atoms with Gasteiger partial charge in [-0.2, -0.15) is 15.3 Å². The van der Waals surface area contributed by atoms with Crippen LogP contribution in [0.1, 0.15) is 19.3 Å². The maximum Gasteiger partial charge on any atom is 0.225 e. The maximum atomic E-state index is 12.5. The van der Waals surface area contributed by atoms with Crippen molar-refractivity contribution >= 4 is 23.0 Å². The Hall–Kier alpha value is -2.33. The molecule has 1 saturated heterocycles. The van der Waals surface area contributed by atoms with Crippen molar-refractivity contribution in [1.82, 2.24) is 40.5 Å². The van der Waals surface area contributed by atoms with E-state index in [1.165, 1.54) is 0 Å². The van der Waals surface area contributed by atoms with Crippen LogP contribution in [-0.2, 0) is 4.79 Å². The first-order valence-corrected chi connectivity index (χ1v) is 9.66. The molecule has 0 spiro atoms. The number of carbonyl (C=O) groups excluding carboxylic acids is 1. The third-order valence-corrected chi connectivity index (χ3v) is 5.54. The van der Waals surface area contributed by atoms with Crippen molar-refractivity contribution in [3.8, 4) is 0 Å². The Balaban J connectivity index is 1.20. The van der Waals surface area contributed by atoms with Crippen LogP contribution in [0, 0.1) is 5.92 Å². The highest BCUT2D eigenvalue weighted by Gasteiger charge is 2.30. The van der Waals surface area contributed by atoms with Gasteiger partial charge in [0.1, 0.15) is 5.52 Å². The normalized spacial score (nSPS) is 24.3. The first-order valence-electron chi connectivity index (χ1n) is 9.66. The Labute approximate surface area is 158 Å². The summed E-state index contributed by atoms with van der Waals surface area (Å²) in [6.45, 7) is 6.02. The van der Waals surface area contributed by atoms with Gasteiger partial charge in [0.05, 0.1) is 6.20 Å². The summed E-state index contributed by atoms with van der Waals surface area (Å²) in [5.74, 6) is 0.768. The van der Waals surface area contributed by atoms with Gasteiger partial charge >= 0.3 is 0 Å². The molecule has 2 fully saturated rings. The molecule has 2 aromatic heterocycles. The molecule has 1 aliphatic carbocycles. The van der Waals surface area contributed by atoms with Crippen LogP contribution < -0.4 is 10.6 Å². The molecule has 0 bridgehead atoms. The van der Waals surface area contributed by atoms with Gasteiger partial charge in [0.2, 0.25) is 17.5 Å². The first kappa shape index (κ1) is 18.1. The molecule has 4 rings (SSSR count). The Kier molecular flexibility index (Phi) is 5.44. The number of nitrogens with zero attached hydrogens (tertiary/aromatic N) is 6. The van der Waals surface area contributed by atoms with Crippen molar-refractivity contribution in [2.45, 2.75) is 25.3 Å². The zero-order valence-electron chi connectivity index (χ0n) is 15.7. The molecule has 3 N–H and O–H groups in total. The number of piperazine rings is 1. The molecule has 3 heterocycles. The maximum absolute atomic E-state index is 12.5. The summed E-state index contributed by atoms with van der Waals surface area (Å²) in [6, 6.07) is 0.211. The predicted molar refractivity (Wildman–Crippen MR) is 101 cm³/mol. The number of aromatic amines is 1. The van der Waals surface area contributed by atoms with Crippen molar-refractivity contribution in [3.63, 3.8) is 0 Å². The van der Waals surface area contributed by atoms with Gasteiger partial charge < -0.3 is 15.5 Å². The standard InChI is InChI=1S/C17H27N9O/c1-25-6-8-26(9-7-25)5-4-18-16(27)12-2-3-13(10-12)20-17-19-11-14-15(21-17)23-24-22-14/h11-13H,2-10H2,1H3,(H,18,27)(H2,19,20,21,22,23,24). The van der Waals surface area contributed by atoms with Crippen LogP contribution in [0.15, 0.2) is 6.20 Å². The fraction of sp³-hybridized carbons (Fsp3) is 0.706. The van der Waals surface area contributed by atoms with Gasteiger partial charge in [0.25, 0.3) is 0 Å². The average molecular weight is 373 g/mol. The van der Waals surface area contributed by atoms with Crippen LogP contribution in [0.25, 0.3) is 11.2 Å². The van der Waals surface area contributed by atoms with Crippen molar-refractivity contribution in [2.75, 3.05) is 51.6 Å². The third-order valence-electron chi connectivity index (χ3n) is 5.54. The molecule has 2 unspecified atom stereocenters. The number of nitrogens with one attached hydrogen (secondary N) is 3. The van der Waals surface area contributed by atoms with Gasteiger partial charge in [-0.25, -0.2) is 4.98 Å². The van der Waals surface area contributed by atoms with E-state index in [2.05, 4.69) is 52.9 Å². The number of aromatic nitrogens is 5. The second-order valence-corrected chi connectivity index (χ2v) is 7.51.